The van der Waals surface area contributed by atoms with Gasteiger partial charge in [-0.25, -0.2) is 9.18 Å². The number of ether oxygens (including phenoxy) is 1. The molecule has 23 heavy (non-hydrogen) atoms. The van der Waals surface area contributed by atoms with E-state index in [2.05, 4.69) is 5.32 Å². The number of hydrogen-bond donors (Lipinski definition) is 1. The molecule has 2 amide bonds. The van der Waals surface area contributed by atoms with Crippen LogP contribution in [0.2, 0.25) is 0 Å². The average Bonchev–Trinajstić information content (AvgIpc) is 2.98. The van der Waals surface area contributed by atoms with Crippen molar-refractivity contribution < 1.29 is 27.1 Å². The van der Waals surface area contributed by atoms with Crippen LogP contribution in [-0.2, 0) is 10.9 Å². The van der Waals surface area contributed by atoms with E-state index >= 15 is 0 Å². The van der Waals surface area contributed by atoms with E-state index in [0.29, 0.717) is 38.4 Å². The third kappa shape index (κ3) is 4.57. The monoisotopic (exact) mass is 334 g/mol. The number of nitrogens with one attached hydrogen (secondary N) is 1. The maximum absolute atomic E-state index is 13.2. The van der Waals surface area contributed by atoms with Gasteiger partial charge in [0.15, 0.2) is 0 Å². The minimum absolute atomic E-state index is 0.0927. The summed E-state index contributed by atoms with van der Waals surface area (Å²) >= 11 is 0. The Morgan fingerprint density at radius 1 is 1.43 bits per heavy atom. The van der Waals surface area contributed by atoms with Crippen LogP contribution in [0.4, 0.5) is 28.0 Å². The van der Waals surface area contributed by atoms with Gasteiger partial charge in [-0.3, -0.25) is 0 Å². The Kier molecular flexibility index (Phi) is 5.46. The van der Waals surface area contributed by atoms with Gasteiger partial charge >= 0.3 is 12.2 Å². The molecule has 1 aromatic carbocycles. The lowest BCUT2D eigenvalue weighted by Crippen LogP contribution is -2.38. The number of rotatable bonds is 4. The van der Waals surface area contributed by atoms with E-state index in [0.717, 1.165) is 12.5 Å². The largest absolute Gasteiger partial charge is 0.419 e. The maximum atomic E-state index is 13.2. The van der Waals surface area contributed by atoms with Crippen molar-refractivity contribution in [1.82, 2.24) is 4.90 Å². The molecule has 1 aliphatic heterocycles. The number of halogens is 4. The summed E-state index contributed by atoms with van der Waals surface area (Å²) in [7, 11) is 0. The number of carbonyl (C=O) groups is 1. The predicted octanol–water partition coefficient (Wildman–Crippen LogP) is 3.73. The van der Waals surface area contributed by atoms with Gasteiger partial charge in [0.1, 0.15) is 5.82 Å². The minimum atomic E-state index is -4.81. The van der Waals surface area contributed by atoms with E-state index in [1.807, 2.05) is 0 Å². The summed E-state index contributed by atoms with van der Waals surface area (Å²) in [5.41, 5.74) is -1.49. The summed E-state index contributed by atoms with van der Waals surface area (Å²) in [4.78, 5) is 13.7. The first-order valence-electron chi connectivity index (χ1n) is 7.31. The number of carbonyl (C=O) groups excluding carboxylic acids is 1. The number of benzene rings is 1. The lowest BCUT2D eigenvalue weighted by Gasteiger charge is -2.24. The molecular weight excluding hydrogens is 316 g/mol. The Labute approximate surface area is 131 Å². The molecule has 0 aliphatic carbocycles. The lowest BCUT2D eigenvalue weighted by atomic mass is 10.1. The van der Waals surface area contributed by atoms with Gasteiger partial charge in [0.2, 0.25) is 0 Å². The van der Waals surface area contributed by atoms with E-state index in [1.165, 1.54) is 4.90 Å². The Hall–Kier alpha value is -1.83. The molecule has 1 atom stereocenters. The minimum Gasteiger partial charge on any atom is -0.381 e. The second-order valence-corrected chi connectivity index (χ2v) is 5.39. The van der Waals surface area contributed by atoms with Crippen molar-refractivity contribution in [1.29, 1.82) is 0 Å². The van der Waals surface area contributed by atoms with Crippen LogP contribution in [0, 0.1) is 11.7 Å². The first-order valence-corrected chi connectivity index (χ1v) is 7.31. The number of hydrogen-bond acceptors (Lipinski definition) is 2. The van der Waals surface area contributed by atoms with Gasteiger partial charge in [0.05, 0.1) is 12.2 Å². The van der Waals surface area contributed by atoms with E-state index in [1.54, 1.807) is 6.92 Å². The summed E-state index contributed by atoms with van der Waals surface area (Å²) in [6.45, 7) is 3.88. The molecular formula is C15H18F4N2O2. The molecule has 0 saturated carbocycles. The predicted molar refractivity (Wildman–Crippen MR) is 76.6 cm³/mol. The van der Waals surface area contributed by atoms with Crippen LogP contribution in [0.15, 0.2) is 18.2 Å². The highest BCUT2D eigenvalue weighted by Crippen LogP contribution is 2.33. The summed E-state index contributed by atoms with van der Waals surface area (Å²) in [5.74, 6) is -1.15. The van der Waals surface area contributed by atoms with Gasteiger partial charge in [-0.1, -0.05) is 0 Å². The van der Waals surface area contributed by atoms with Crippen molar-refractivity contribution in [2.75, 3.05) is 31.6 Å². The first kappa shape index (κ1) is 17.5. The molecule has 8 heteroatoms. The molecule has 0 unspecified atom stereocenters. The molecule has 4 nitrogen and oxygen atoms in total. The highest BCUT2D eigenvalue weighted by Gasteiger charge is 2.34. The van der Waals surface area contributed by atoms with Gasteiger partial charge in [0.25, 0.3) is 0 Å². The van der Waals surface area contributed by atoms with E-state index in [9.17, 15) is 22.4 Å². The number of anilines is 1. The zero-order valence-electron chi connectivity index (χ0n) is 12.6. The molecule has 0 radical (unpaired) electrons. The van der Waals surface area contributed by atoms with Crippen molar-refractivity contribution in [3.05, 3.63) is 29.6 Å². The van der Waals surface area contributed by atoms with Crippen LogP contribution < -0.4 is 5.32 Å². The summed E-state index contributed by atoms with van der Waals surface area (Å²) in [6.07, 6.45) is -3.96. The Morgan fingerprint density at radius 3 is 2.74 bits per heavy atom. The van der Waals surface area contributed by atoms with Crippen molar-refractivity contribution in [3.63, 3.8) is 0 Å². The number of amides is 2. The van der Waals surface area contributed by atoms with Crippen LogP contribution in [0.1, 0.15) is 18.9 Å². The zero-order valence-corrected chi connectivity index (χ0v) is 12.6. The average molecular weight is 334 g/mol. The second-order valence-electron chi connectivity index (χ2n) is 5.39. The van der Waals surface area contributed by atoms with Crippen LogP contribution in [0.3, 0.4) is 0 Å². The Morgan fingerprint density at radius 2 is 2.17 bits per heavy atom. The van der Waals surface area contributed by atoms with Gasteiger partial charge in [-0.15, -0.1) is 0 Å². The Bertz CT molecular complexity index is 557. The van der Waals surface area contributed by atoms with Gasteiger partial charge in [0, 0.05) is 31.3 Å². The molecule has 0 spiro atoms. The molecule has 1 aromatic rings. The summed E-state index contributed by atoms with van der Waals surface area (Å²) in [6, 6.07) is 1.88. The zero-order chi connectivity index (χ0) is 17.0. The quantitative estimate of drug-likeness (QED) is 0.853. The second kappa shape index (κ2) is 7.16. The molecule has 1 saturated heterocycles. The van der Waals surface area contributed by atoms with E-state index in [-0.39, 0.29) is 11.6 Å². The Balaban J connectivity index is 2.06. The number of nitrogens with zero attached hydrogens (tertiary/aromatic N) is 1. The fourth-order valence-corrected chi connectivity index (χ4v) is 2.42. The van der Waals surface area contributed by atoms with E-state index in [4.69, 9.17) is 4.74 Å². The maximum Gasteiger partial charge on any atom is 0.419 e. The fraction of sp³-hybridized carbons (Fsp3) is 0.533. The number of alkyl halides is 3. The lowest BCUT2D eigenvalue weighted by molar-refractivity contribution is -0.139. The van der Waals surface area contributed by atoms with Crippen molar-refractivity contribution in [2.45, 2.75) is 19.5 Å². The third-order valence-corrected chi connectivity index (χ3v) is 3.69. The van der Waals surface area contributed by atoms with Crippen LogP contribution in [0.5, 0.6) is 0 Å². The molecule has 1 fully saturated rings. The highest BCUT2D eigenvalue weighted by atomic mass is 19.4. The van der Waals surface area contributed by atoms with Crippen molar-refractivity contribution in [2.24, 2.45) is 5.92 Å². The fourth-order valence-electron chi connectivity index (χ4n) is 2.42. The van der Waals surface area contributed by atoms with Gasteiger partial charge in [-0.2, -0.15) is 13.2 Å². The SMILES string of the molecule is CCN(C[C@@H]1CCOC1)C(=O)Nc1ccc(F)c(C(F)(F)F)c1. The molecule has 1 aliphatic rings. The molecule has 0 aromatic heterocycles. The topological polar surface area (TPSA) is 41.6 Å². The van der Waals surface area contributed by atoms with Gasteiger partial charge in [-0.05, 0) is 31.5 Å². The van der Waals surface area contributed by atoms with Crippen LogP contribution in [-0.4, -0.2) is 37.2 Å². The van der Waals surface area contributed by atoms with Crippen LogP contribution in [0.25, 0.3) is 0 Å². The molecule has 1 N–H and O–H groups in total. The van der Waals surface area contributed by atoms with Crippen molar-refractivity contribution in [3.8, 4) is 0 Å². The smallest absolute Gasteiger partial charge is 0.381 e. The molecule has 128 valence electrons. The molecule has 0 bridgehead atoms. The van der Waals surface area contributed by atoms with Crippen LogP contribution >= 0.6 is 0 Å². The van der Waals surface area contributed by atoms with Crippen molar-refractivity contribution >= 4 is 11.7 Å². The number of urea groups is 1. The standard InChI is InChI=1S/C15H18F4N2O2/c1-2-21(8-10-5-6-23-9-10)14(22)20-11-3-4-13(16)12(7-11)15(17,18)19/h3-4,7,10H,2,5-6,8-9H2,1H3,(H,20,22)/t10-/m0/s1. The van der Waals surface area contributed by atoms with Gasteiger partial charge < -0.3 is 15.0 Å². The molecule has 1 heterocycles. The van der Waals surface area contributed by atoms with E-state index < -0.39 is 23.6 Å². The highest BCUT2D eigenvalue weighted by molar-refractivity contribution is 5.89. The summed E-state index contributed by atoms with van der Waals surface area (Å²) in [5, 5.41) is 2.39. The first-order chi connectivity index (χ1) is 10.8. The summed E-state index contributed by atoms with van der Waals surface area (Å²) < 4.78 is 56.5. The normalized spacial score (nSPS) is 18.0. The molecule has 2 rings (SSSR count). The third-order valence-electron chi connectivity index (χ3n) is 3.69.